The molecule has 1 spiro atoms. The van der Waals surface area contributed by atoms with E-state index in [-0.39, 0.29) is 16.3 Å². The molecular formula is C24H24N2O5S. The van der Waals surface area contributed by atoms with E-state index in [4.69, 9.17) is 14.6 Å². The normalized spacial score (nSPS) is 16.2. The lowest BCUT2D eigenvalue weighted by atomic mass is 10.1. The number of rotatable bonds is 5. The molecule has 0 bridgehead atoms. The first kappa shape index (κ1) is 20.8. The number of ketones is 1. The molecule has 8 heteroatoms. The maximum absolute atomic E-state index is 12.6. The van der Waals surface area contributed by atoms with Crippen LogP contribution in [0.25, 0.3) is 16.9 Å². The van der Waals surface area contributed by atoms with Gasteiger partial charge in [-0.1, -0.05) is 6.92 Å². The van der Waals surface area contributed by atoms with Crippen LogP contribution in [-0.4, -0.2) is 31.0 Å². The van der Waals surface area contributed by atoms with Crippen LogP contribution in [0.5, 0.6) is 11.5 Å². The van der Waals surface area contributed by atoms with Gasteiger partial charge >= 0.3 is 0 Å². The molecule has 3 aromatic rings. The molecule has 1 aliphatic heterocycles. The monoisotopic (exact) mass is 452 g/mol. The van der Waals surface area contributed by atoms with Gasteiger partial charge in [-0.15, -0.1) is 0 Å². The maximum Gasteiger partial charge on any atom is 0.238 e. The number of aromatic nitrogens is 1. The van der Waals surface area contributed by atoms with Gasteiger partial charge in [0, 0.05) is 28.9 Å². The number of sulfonamides is 1. The van der Waals surface area contributed by atoms with Crippen molar-refractivity contribution in [3.63, 3.8) is 0 Å². The Morgan fingerprint density at radius 2 is 1.81 bits per heavy atom. The number of Topliss-reactive ketones (excluding diaryl/α,β-unsaturated/α-hetero) is 1. The highest BCUT2D eigenvalue weighted by molar-refractivity contribution is 7.89. The van der Waals surface area contributed by atoms with Gasteiger partial charge in [-0.05, 0) is 68.3 Å². The van der Waals surface area contributed by atoms with Crippen LogP contribution in [0, 0.1) is 6.92 Å². The molecule has 1 saturated carbocycles. The van der Waals surface area contributed by atoms with Crippen LogP contribution in [0.3, 0.4) is 0 Å². The van der Waals surface area contributed by atoms with E-state index in [1.165, 1.54) is 12.1 Å². The summed E-state index contributed by atoms with van der Waals surface area (Å²) in [6, 6.07) is 14.0. The molecule has 2 N–H and O–H groups in total. The summed E-state index contributed by atoms with van der Waals surface area (Å²) in [5.74, 6) is 1.45. The van der Waals surface area contributed by atoms with Crippen LogP contribution in [-0.2, 0) is 10.0 Å². The van der Waals surface area contributed by atoms with Crippen molar-refractivity contribution >= 4 is 15.8 Å². The van der Waals surface area contributed by atoms with E-state index in [9.17, 15) is 13.2 Å². The molecular weight excluding hydrogens is 428 g/mol. The van der Waals surface area contributed by atoms with Gasteiger partial charge in [0.1, 0.15) is 12.2 Å². The minimum atomic E-state index is -3.79. The van der Waals surface area contributed by atoms with Crippen LogP contribution in [0.4, 0.5) is 0 Å². The van der Waals surface area contributed by atoms with Crippen molar-refractivity contribution in [2.24, 2.45) is 5.14 Å². The maximum atomic E-state index is 12.6. The number of ether oxygens (including phenoxy) is 2. The van der Waals surface area contributed by atoms with Gasteiger partial charge in [-0.2, -0.15) is 0 Å². The Hall–Kier alpha value is -3.10. The highest BCUT2D eigenvalue weighted by Gasteiger charge is 2.49. The molecule has 32 heavy (non-hydrogen) atoms. The Morgan fingerprint density at radius 1 is 1.09 bits per heavy atom. The average Bonchev–Trinajstić information content (AvgIpc) is 3.43. The zero-order valence-corrected chi connectivity index (χ0v) is 18.7. The number of carbonyl (C=O) groups is 1. The molecule has 1 aliphatic carbocycles. The second kappa shape index (κ2) is 7.21. The number of hydrogen-bond acceptors (Lipinski definition) is 5. The van der Waals surface area contributed by atoms with Gasteiger partial charge < -0.3 is 14.0 Å². The summed E-state index contributed by atoms with van der Waals surface area (Å²) in [6.45, 7) is 4.25. The summed E-state index contributed by atoms with van der Waals surface area (Å²) >= 11 is 0. The van der Waals surface area contributed by atoms with Crippen molar-refractivity contribution in [3.8, 4) is 28.4 Å². The molecule has 0 atom stereocenters. The summed E-state index contributed by atoms with van der Waals surface area (Å²) in [6.07, 6.45) is 2.40. The lowest BCUT2D eigenvalue weighted by Crippen LogP contribution is -2.30. The largest absolute Gasteiger partial charge is 0.486 e. The molecule has 7 nitrogen and oxygen atoms in total. The SMILES string of the molecule is CCC(=O)c1cc(-c2ccc3c(c2)OCC2(CC2)O3)n(-c2ccc(S(N)(=O)=O)cc2)c1C. The molecule has 5 rings (SSSR count). The standard InChI is InChI=1S/C24H24N2O5S/c1-3-21(27)19-13-20(16-4-9-22-23(12-16)30-14-24(31-22)10-11-24)26(15(19)2)17-5-7-18(8-6-17)32(25,28)29/h4-9,12-13H,3,10-11,14H2,1-2H3,(H2,25,28,29). The molecule has 2 aromatic carbocycles. The Labute approximate surface area is 186 Å². The minimum absolute atomic E-state index is 0.0331. The lowest BCUT2D eigenvalue weighted by Gasteiger charge is -2.26. The van der Waals surface area contributed by atoms with Gasteiger partial charge in [0.2, 0.25) is 10.0 Å². The fourth-order valence-electron chi connectivity index (χ4n) is 4.13. The Bertz CT molecular complexity index is 1340. The number of nitrogens with two attached hydrogens (primary N) is 1. The highest BCUT2D eigenvalue weighted by atomic mass is 32.2. The fourth-order valence-corrected chi connectivity index (χ4v) is 4.65. The molecule has 166 valence electrons. The molecule has 0 saturated heterocycles. The number of carbonyl (C=O) groups excluding carboxylic acids is 1. The molecule has 1 fully saturated rings. The third kappa shape index (κ3) is 3.49. The van der Waals surface area contributed by atoms with Gasteiger partial charge in [-0.3, -0.25) is 4.79 Å². The summed E-state index contributed by atoms with van der Waals surface area (Å²) in [5.41, 5.74) is 3.66. The van der Waals surface area contributed by atoms with Crippen LogP contribution < -0.4 is 14.6 Å². The van der Waals surface area contributed by atoms with Crippen molar-refractivity contribution < 1.29 is 22.7 Å². The summed E-state index contributed by atoms with van der Waals surface area (Å²) in [5, 5.41) is 5.24. The fraction of sp³-hybridized carbons (Fsp3) is 0.292. The number of fused-ring (bicyclic) bond motifs is 1. The molecule has 2 aliphatic rings. The van der Waals surface area contributed by atoms with E-state index < -0.39 is 10.0 Å². The first-order valence-electron chi connectivity index (χ1n) is 10.6. The lowest BCUT2D eigenvalue weighted by molar-refractivity contribution is 0.0718. The zero-order valence-electron chi connectivity index (χ0n) is 17.9. The minimum Gasteiger partial charge on any atom is -0.486 e. The predicted octanol–water partition coefficient (Wildman–Crippen LogP) is 4.00. The Balaban J connectivity index is 1.63. The quantitative estimate of drug-likeness (QED) is 0.590. The van der Waals surface area contributed by atoms with Crippen molar-refractivity contribution in [1.29, 1.82) is 0 Å². The van der Waals surface area contributed by atoms with Gasteiger partial charge in [-0.25, -0.2) is 13.6 Å². The highest BCUT2D eigenvalue weighted by Crippen LogP contribution is 2.48. The summed E-state index contributed by atoms with van der Waals surface area (Å²) in [4.78, 5) is 12.6. The van der Waals surface area contributed by atoms with E-state index in [0.29, 0.717) is 24.3 Å². The van der Waals surface area contributed by atoms with E-state index in [1.807, 2.05) is 42.7 Å². The van der Waals surface area contributed by atoms with Crippen molar-refractivity contribution in [2.75, 3.05) is 6.61 Å². The first-order chi connectivity index (χ1) is 15.2. The van der Waals surface area contributed by atoms with E-state index in [1.54, 1.807) is 12.1 Å². The third-order valence-electron chi connectivity index (χ3n) is 6.16. The molecule has 0 unspecified atom stereocenters. The van der Waals surface area contributed by atoms with Crippen molar-refractivity contribution in [2.45, 2.75) is 43.6 Å². The molecule has 1 aromatic heterocycles. The van der Waals surface area contributed by atoms with Gasteiger partial charge in [0.15, 0.2) is 17.3 Å². The van der Waals surface area contributed by atoms with Crippen LogP contribution in [0.2, 0.25) is 0 Å². The second-order valence-electron chi connectivity index (χ2n) is 8.41. The molecule has 2 heterocycles. The number of nitrogens with zero attached hydrogens (tertiary/aromatic N) is 1. The van der Waals surface area contributed by atoms with Crippen LogP contribution in [0.15, 0.2) is 53.4 Å². The van der Waals surface area contributed by atoms with Crippen molar-refractivity contribution in [1.82, 2.24) is 4.57 Å². The predicted molar refractivity (Wildman–Crippen MR) is 120 cm³/mol. The Morgan fingerprint density at radius 3 is 2.44 bits per heavy atom. The second-order valence-corrected chi connectivity index (χ2v) is 9.98. The van der Waals surface area contributed by atoms with Crippen LogP contribution in [0.1, 0.15) is 42.2 Å². The Kier molecular flexibility index (Phi) is 4.69. The number of benzene rings is 2. The number of hydrogen-bond donors (Lipinski definition) is 1. The van der Waals surface area contributed by atoms with Gasteiger partial charge in [0.05, 0.1) is 10.6 Å². The van der Waals surface area contributed by atoms with E-state index in [2.05, 4.69) is 0 Å². The molecule has 0 amide bonds. The van der Waals surface area contributed by atoms with Gasteiger partial charge in [0.25, 0.3) is 0 Å². The van der Waals surface area contributed by atoms with Crippen LogP contribution >= 0.6 is 0 Å². The topological polar surface area (TPSA) is 101 Å². The van der Waals surface area contributed by atoms with E-state index in [0.717, 1.165) is 41.2 Å². The third-order valence-corrected chi connectivity index (χ3v) is 7.09. The number of primary sulfonamides is 1. The van der Waals surface area contributed by atoms with E-state index >= 15 is 0 Å². The summed E-state index contributed by atoms with van der Waals surface area (Å²) in [7, 11) is -3.79. The average molecular weight is 453 g/mol. The first-order valence-corrected chi connectivity index (χ1v) is 12.1. The smallest absolute Gasteiger partial charge is 0.238 e. The van der Waals surface area contributed by atoms with Crippen molar-refractivity contribution in [3.05, 3.63) is 59.8 Å². The summed E-state index contributed by atoms with van der Waals surface area (Å²) < 4.78 is 37.4. The zero-order chi connectivity index (χ0) is 22.7. The molecule has 0 radical (unpaired) electrons.